The van der Waals surface area contributed by atoms with E-state index < -0.39 is 0 Å². The summed E-state index contributed by atoms with van der Waals surface area (Å²) in [5.41, 5.74) is 0. The van der Waals surface area contributed by atoms with Gasteiger partial charge in [0.15, 0.2) is 13.2 Å². The van der Waals surface area contributed by atoms with Crippen LogP contribution in [-0.2, 0) is 19.1 Å². The van der Waals surface area contributed by atoms with Crippen LogP contribution >= 0.6 is 0 Å². The van der Waals surface area contributed by atoms with Gasteiger partial charge in [-0.15, -0.1) is 0 Å². The van der Waals surface area contributed by atoms with Crippen LogP contribution in [-0.4, -0.2) is 43.7 Å². The molecule has 28 heavy (non-hydrogen) atoms. The average Bonchev–Trinajstić information content (AvgIpc) is 2.70. The van der Waals surface area contributed by atoms with Crippen molar-refractivity contribution in [3.63, 3.8) is 0 Å². The number of ether oxygens (including phenoxy) is 2. The van der Waals surface area contributed by atoms with Gasteiger partial charge < -0.3 is 9.47 Å². The van der Waals surface area contributed by atoms with Gasteiger partial charge in [-0.05, 0) is 38.5 Å². The van der Waals surface area contributed by atoms with Crippen LogP contribution in [0.25, 0.3) is 0 Å². The molecular weight excluding hydrogens is 358 g/mol. The molecule has 0 bridgehead atoms. The Morgan fingerprint density at radius 1 is 0.679 bits per heavy atom. The lowest BCUT2D eigenvalue weighted by Crippen LogP contribution is -2.26. The Kier molecular flexibility index (Phi) is 17.6. The van der Waals surface area contributed by atoms with Crippen molar-refractivity contribution < 1.29 is 24.2 Å². The van der Waals surface area contributed by atoms with Crippen molar-refractivity contribution in [2.75, 3.05) is 26.4 Å². The largest absolute Gasteiger partial charge is 0.477 e. The third-order valence-electron chi connectivity index (χ3n) is 5.15. The van der Waals surface area contributed by atoms with Gasteiger partial charge >= 0.3 is 5.09 Å². The summed E-state index contributed by atoms with van der Waals surface area (Å²) in [7, 11) is 0. The summed E-state index contributed by atoms with van der Waals surface area (Å²) in [6.07, 6.45) is 9.18. The van der Waals surface area contributed by atoms with Crippen LogP contribution < -0.4 is 0 Å². The highest BCUT2D eigenvalue weighted by Crippen LogP contribution is 2.15. The van der Waals surface area contributed by atoms with E-state index in [0.717, 1.165) is 12.8 Å². The Labute approximate surface area is 173 Å². The average molecular weight is 405 g/mol. The molecular formula is C22H46NO5+. The van der Waals surface area contributed by atoms with E-state index in [4.69, 9.17) is 19.1 Å². The van der Waals surface area contributed by atoms with Crippen LogP contribution in [0.1, 0.15) is 92.9 Å². The Bertz CT molecular complexity index is 335. The first kappa shape index (κ1) is 27.1. The highest BCUT2D eigenvalue weighted by Gasteiger charge is 2.19. The summed E-state index contributed by atoms with van der Waals surface area (Å²) >= 11 is 0. The molecule has 4 atom stereocenters. The van der Waals surface area contributed by atoms with E-state index in [9.17, 15) is 4.91 Å². The molecule has 0 aliphatic carbocycles. The first-order valence-electron chi connectivity index (χ1n) is 11.4. The molecule has 0 rings (SSSR count). The van der Waals surface area contributed by atoms with Gasteiger partial charge in [-0.25, -0.2) is 0 Å². The molecule has 6 nitrogen and oxygen atoms in total. The molecule has 4 unspecified atom stereocenters. The molecule has 0 saturated heterocycles. The summed E-state index contributed by atoms with van der Waals surface area (Å²) in [6.45, 7) is 14.4. The van der Waals surface area contributed by atoms with Gasteiger partial charge in [0.2, 0.25) is 0 Å². The fourth-order valence-electron chi connectivity index (χ4n) is 2.86. The van der Waals surface area contributed by atoms with E-state index in [2.05, 4.69) is 27.7 Å². The van der Waals surface area contributed by atoms with Crippen molar-refractivity contribution in [3.8, 4) is 0 Å². The number of unbranched alkanes of at least 4 members (excludes halogenated alkanes) is 2. The Morgan fingerprint density at radius 3 is 1.39 bits per heavy atom. The molecule has 0 aliphatic heterocycles. The van der Waals surface area contributed by atoms with Crippen molar-refractivity contribution >= 4 is 0 Å². The summed E-state index contributed by atoms with van der Waals surface area (Å²) < 4.78 is 11.6. The summed E-state index contributed by atoms with van der Waals surface area (Å²) in [6, 6.07) is 0. The fourth-order valence-corrected chi connectivity index (χ4v) is 2.86. The topological polar surface area (TPSA) is 57.0 Å². The minimum absolute atomic E-state index is 0.145. The molecule has 0 aromatic heterocycles. The quantitative estimate of drug-likeness (QED) is 0.237. The Balaban J connectivity index is 3.86. The molecule has 0 N–H and O–H groups in total. The van der Waals surface area contributed by atoms with Gasteiger partial charge in [-0.2, -0.15) is 9.68 Å². The van der Waals surface area contributed by atoms with Gasteiger partial charge in [0.05, 0.1) is 12.2 Å². The van der Waals surface area contributed by atoms with Gasteiger partial charge in [-0.1, -0.05) is 66.2 Å². The van der Waals surface area contributed by atoms with Crippen LogP contribution in [0.5, 0.6) is 0 Å². The smallest absolute Gasteiger partial charge is 0.374 e. The van der Waals surface area contributed by atoms with E-state index in [1.807, 2.05) is 13.8 Å². The lowest BCUT2D eigenvalue weighted by Gasteiger charge is -2.17. The molecule has 6 heteroatoms. The molecule has 0 fully saturated rings. The van der Waals surface area contributed by atoms with Crippen molar-refractivity contribution in [2.24, 2.45) is 11.8 Å². The maximum Gasteiger partial charge on any atom is 0.477 e. The molecule has 0 amide bonds. The second kappa shape index (κ2) is 18.2. The fraction of sp³-hybridized carbons (Fsp3) is 1.00. The van der Waals surface area contributed by atoms with Gasteiger partial charge in [0, 0.05) is 13.2 Å². The molecule has 0 spiro atoms. The summed E-state index contributed by atoms with van der Waals surface area (Å²) in [5, 5.41) is 0.183. The van der Waals surface area contributed by atoms with E-state index >= 15 is 0 Å². The highest BCUT2D eigenvalue weighted by molar-refractivity contribution is 4.58. The minimum Gasteiger partial charge on any atom is -0.374 e. The third-order valence-corrected chi connectivity index (χ3v) is 5.15. The number of hydrogen-bond acceptors (Lipinski definition) is 5. The van der Waals surface area contributed by atoms with E-state index in [1.165, 1.54) is 38.5 Å². The van der Waals surface area contributed by atoms with Crippen LogP contribution in [0.4, 0.5) is 0 Å². The SMILES string of the molecule is CCCCC(CC)COC(C)CO[N+](=O)OCC(C)OCC(CC)CCCC. The van der Waals surface area contributed by atoms with Gasteiger partial charge in [0.1, 0.15) is 4.91 Å². The van der Waals surface area contributed by atoms with Crippen molar-refractivity contribution in [1.82, 2.24) is 0 Å². The molecule has 0 saturated carbocycles. The van der Waals surface area contributed by atoms with Crippen LogP contribution in [0.3, 0.4) is 0 Å². The predicted molar refractivity (Wildman–Crippen MR) is 113 cm³/mol. The minimum atomic E-state index is -0.145. The van der Waals surface area contributed by atoms with Crippen molar-refractivity contribution in [3.05, 3.63) is 4.91 Å². The zero-order valence-corrected chi connectivity index (χ0v) is 19.3. The first-order chi connectivity index (χ1) is 13.5. The number of hydrogen-bond donors (Lipinski definition) is 0. The maximum absolute atomic E-state index is 11.7. The van der Waals surface area contributed by atoms with E-state index in [0.29, 0.717) is 25.0 Å². The zero-order valence-electron chi connectivity index (χ0n) is 19.3. The molecule has 0 aliphatic rings. The maximum atomic E-state index is 11.7. The normalized spacial score (nSPS) is 15.6. The molecule has 0 radical (unpaired) electrons. The summed E-state index contributed by atoms with van der Waals surface area (Å²) in [5.74, 6) is 1.15. The zero-order chi connectivity index (χ0) is 21.2. The van der Waals surface area contributed by atoms with Gasteiger partial charge in [0.25, 0.3) is 0 Å². The van der Waals surface area contributed by atoms with E-state index in [1.54, 1.807) is 0 Å². The highest BCUT2D eigenvalue weighted by atomic mass is 17.0. The Hall–Kier alpha value is -0.880. The number of nitrogens with zero attached hydrogens (tertiary/aromatic N) is 1. The van der Waals surface area contributed by atoms with E-state index in [-0.39, 0.29) is 30.5 Å². The second-order valence-corrected chi connectivity index (χ2v) is 7.94. The lowest BCUT2D eigenvalue weighted by atomic mass is 10.0. The van der Waals surface area contributed by atoms with Crippen molar-refractivity contribution in [2.45, 2.75) is 105 Å². The van der Waals surface area contributed by atoms with Gasteiger partial charge in [-0.3, -0.25) is 0 Å². The predicted octanol–water partition coefficient (Wildman–Crippen LogP) is 5.87. The molecule has 168 valence electrons. The molecule has 0 aromatic rings. The van der Waals surface area contributed by atoms with Crippen LogP contribution in [0.2, 0.25) is 0 Å². The Morgan fingerprint density at radius 2 is 1.07 bits per heavy atom. The standard InChI is InChI=1S/C22H46NO5/c1-7-11-13-21(9-3)17-25-19(5)15-27-23(24)28-16-20(6)26-18-22(10-4)14-12-8-2/h19-22H,7-18H2,1-6H3/q+1. The first-order valence-corrected chi connectivity index (χ1v) is 11.4. The lowest BCUT2D eigenvalue weighted by molar-refractivity contribution is -0.982. The third kappa shape index (κ3) is 15.1. The molecule has 0 heterocycles. The monoisotopic (exact) mass is 404 g/mol. The van der Waals surface area contributed by atoms with Crippen LogP contribution in [0, 0.1) is 16.7 Å². The molecule has 0 aromatic carbocycles. The number of rotatable bonds is 20. The van der Waals surface area contributed by atoms with Crippen molar-refractivity contribution in [1.29, 1.82) is 0 Å². The van der Waals surface area contributed by atoms with Crippen LogP contribution in [0.15, 0.2) is 0 Å². The summed E-state index contributed by atoms with van der Waals surface area (Å²) in [4.78, 5) is 21.8. The second-order valence-electron chi connectivity index (χ2n) is 7.94.